The molecule has 1 atom stereocenters. The zero-order valence-corrected chi connectivity index (χ0v) is 24.5. The number of benzene rings is 2. The minimum Gasteiger partial charge on any atom is -0.493 e. The number of carbonyl (C=O) groups is 2. The van der Waals surface area contributed by atoms with Gasteiger partial charge < -0.3 is 14.4 Å². The third kappa shape index (κ3) is 6.72. The van der Waals surface area contributed by atoms with E-state index < -0.39 is 6.17 Å². The van der Waals surface area contributed by atoms with Crippen molar-refractivity contribution in [2.24, 2.45) is 5.41 Å². The van der Waals surface area contributed by atoms with Crippen molar-refractivity contribution >= 4 is 17.3 Å². The minimum atomic E-state index is -0.951. The first-order chi connectivity index (χ1) is 19.8. The minimum absolute atomic E-state index is 0.0256. The Balaban J connectivity index is 1.24. The van der Waals surface area contributed by atoms with E-state index in [4.69, 9.17) is 9.47 Å². The van der Waals surface area contributed by atoms with Gasteiger partial charge in [-0.3, -0.25) is 14.5 Å². The van der Waals surface area contributed by atoms with E-state index in [9.17, 15) is 14.0 Å². The van der Waals surface area contributed by atoms with Gasteiger partial charge in [-0.15, -0.1) is 0 Å². The van der Waals surface area contributed by atoms with Crippen molar-refractivity contribution in [1.82, 2.24) is 9.80 Å². The molecule has 6 nitrogen and oxygen atoms in total. The van der Waals surface area contributed by atoms with Gasteiger partial charge in [-0.05, 0) is 87.0 Å². The fraction of sp³-hybridized carbons (Fsp3) is 0.471. The van der Waals surface area contributed by atoms with Crippen LogP contribution in [-0.2, 0) is 17.9 Å². The van der Waals surface area contributed by atoms with E-state index >= 15 is 0 Å². The SMILES string of the molecule is CCOc1cc(CN2CCC3(CC2)CC(=O)N(Cc2ccc(C(C)=O)cc2)C3)cc(OCC)c1C1=CCC(F)C=C1. The summed E-state index contributed by atoms with van der Waals surface area (Å²) in [4.78, 5) is 29.0. The van der Waals surface area contributed by atoms with Crippen LogP contribution in [0.2, 0.25) is 0 Å². The summed E-state index contributed by atoms with van der Waals surface area (Å²) >= 11 is 0. The van der Waals surface area contributed by atoms with Gasteiger partial charge >= 0.3 is 0 Å². The van der Waals surface area contributed by atoms with Crippen LogP contribution in [-0.4, -0.2) is 60.5 Å². The average molecular weight is 561 g/mol. The van der Waals surface area contributed by atoms with E-state index in [0.29, 0.717) is 38.2 Å². The lowest BCUT2D eigenvalue weighted by atomic mass is 9.77. The van der Waals surface area contributed by atoms with Crippen LogP contribution in [0.3, 0.4) is 0 Å². The molecular weight excluding hydrogens is 519 g/mol. The van der Waals surface area contributed by atoms with E-state index in [2.05, 4.69) is 17.0 Å². The molecule has 3 aliphatic rings. The van der Waals surface area contributed by atoms with Crippen LogP contribution in [0.15, 0.2) is 54.6 Å². The summed E-state index contributed by atoms with van der Waals surface area (Å²) in [6.07, 6.45) is 7.31. The first kappa shape index (κ1) is 29.1. The van der Waals surface area contributed by atoms with Crippen molar-refractivity contribution in [2.75, 3.05) is 32.8 Å². The van der Waals surface area contributed by atoms with E-state index in [1.807, 2.05) is 55.2 Å². The number of halogens is 1. The highest BCUT2D eigenvalue weighted by atomic mass is 19.1. The number of nitrogens with zero attached hydrogens (tertiary/aromatic N) is 2. The number of likely N-dealkylation sites (tertiary alicyclic amines) is 2. The van der Waals surface area contributed by atoms with Crippen LogP contribution in [0, 0.1) is 5.41 Å². The average Bonchev–Trinajstić information content (AvgIpc) is 3.25. The fourth-order valence-electron chi connectivity index (χ4n) is 6.31. The Bertz CT molecular complexity index is 1300. The van der Waals surface area contributed by atoms with Gasteiger partial charge in [0.2, 0.25) is 5.91 Å². The Labute approximate surface area is 242 Å². The van der Waals surface area contributed by atoms with Crippen LogP contribution in [0.1, 0.15) is 73.5 Å². The molecular formula is C34H41FN2O4. The number of amides is 1. The molecule has 2 aliphatic heterocycles. The first-order valence-corrected chi connectivity index (χ1v) is 14.8. The molecule has 1 spiro atoms. The maximum absolute atomic E-state index is 13.8. The highest BCUT2D eigenvalue weighted by Gasteiger charge is 2.44. The number of piperidine rings is 1. The Morgan fingerprint density at radius 2 is 1.66 bits per heavy atom. The predicted molar refractivity (Wildman–Crippen MR) is 159 cm³/mol. The molecule has 1 aliphatic carbocycles. The fourth-order valence-corrected chi connectivity index (χ4v) is 6.31. The Morgan fingerprint density at radius 3 is 2.22 bits per heavy atom. The van der Waals surface area contributed by atoms with Crippen LogP contribution in [0.5, 0.6) is 11.5 Å². The normalized spacial score (nSPS) is 20.4. The molecule has 1 amide bonds. The van der Waals surface area contributed by atoms with Gasteiger partial charge in [0, 0.05) is 38.0 Å². The van der Waals surface area contributed by atoms with Gasteiger partial charge in [0.1, 0.15) is 17.7 Å². The number of allylic oxidation sites excluding steroid dienone is 4. The molecule has 7 heteroatoms. The largest absolute Gasteiger partial charge is 0.493 e. The van der Waals surface area contributed by atoms with Gasteiger partial charge in [-0.25, -0.2) is 4.39 Å². The summed E-state index contributed by atoms with van der Waals surface area (Å²) < 4.78 is 25.9. The van der Waals surface area contributed by atoms with Crippen LogP contribution < -0.4 is 9.47 Å². The second-order valence-corrected chi connectivity index (χ2v) is 11.6. The molecule has 41 heavy (non-hydrogen) atoms. The molecule has 0 aromatic heterocycles. The zero-order valence-electron chi connectivity index (χ0n) is 24.5. The van der Waals surface area contributed by atoms with Crippen molar-refractivity contribution in [2.45, 2.75) is 65.7 Å². The smallest absolute Gasteiger partial charge is 0.223 e. The van der Waals surface area contributed by atoms with Crippen molar-refractivity contribution in [3.63, 3.8) is 0 Å². The first-order valence-electron chi connectivity index (χ1n) is 14.8. The molecule has 2 fully saturated rings. The summed E-state index contributed by atoms with van der Waals surface area (Å²) in [5.74, 6) is 1.80. The van der Waals surface area contributed by atoms with E-state index in [0.717, 1.165) is 72.8 Å². The quantitative estimate of drug-likeness (QED) is 0.316. The predicted octanol–water partition coefficient (Wildman–Crippen LogP) is 6.38. The molecule has 2 heterocycles. The number of rotatable bonds is 10. The topological polar surface area (TPSA) is 59.1 Å². The van der Waals surface area contributed by atoms with Crippen molar-refractivity contribution in [1.29, 1.82) is 0 Å². The molecule has 0 radical (unpaired) electrons. The van der Waals surface area contributed by atoms with E-state index in [1.54, 1.807) is 13.0 Å². The van der Waals surface area contributed by atoms with Crippen molar-refractivity contribution in [3.05, 3.63) is 76.9 Å². The lowest BCUT2D eigenvalue weighted by Gasteiger charge is -2.39. The highest BCUT2D eigenvalue weighted by Crippen LogP contribution is 2.43. The van der Waals surface area contributed by atoms with Gasteiger partial charge in [-0.2, -0.15) is 0 Å². The number of alkyl halides is 1. The third-order valence-corrected chi connectivity index (χ3v) is 8.52. The number of ether oxygens (including phenoxy) is 2. The van der Waals surface area contributed by atoms with Crippen LogP contribution >= 0.6 is 0 Å². The molecule has 0 N–H and O–H groups in total. The number of Topliss-reactive ketones (excluding diaryl/α,β-unsaturated/α-hetero) is 1. The standard InChI is InChI=1S/C34H41FN2O4/c1-4-40-30-18-26(19-31(41-5-2)33(30)28-10-12-29(35)13-11-28)21-36-16-14-34(15-17-36)20-32(39)37(23-34)22-25-6-8-27(9-7-25)24(3)38/h6-12,18-19,29H,4-5,13-17,20-23H2,1-3H3. The van der Waals surface area contributed by atoms with Gasteiger partial charge in [0.15, 0.2) is 5.78 Å². The third-order valence-electron chi connectivity index (χ3n) is 8.52. The molecule has 1 unspecified atom stereocenters. The Hall–Kier alpha value is -3.45. The molecule has 5 rings (SSSR count). The Kier molecular flexibility index (Phi) is 8.93. The zero-order chi connectivity index (χ0) is 29.0. The summed E-state index contributed by atoms with van der Waals surface area (Å²) in [6, 6.07) is 11.8. The second kappa shape index (κ2) is 12.6. The van der Waals surface area contributed by atoms with E-state index in [1.165, 1.54) is 0 Å². The maximum atomic E-state index is 13.8. The number of hydrogen-bond donors (Lipinski definition) is 0. The summed E-state index contributed by atoms with van der Waals surface area (Å²) in [5, 5.41) is 0. The lowest BCUT2D eigenvalue weighted by Crippen LogP contribution is -2.41. The number of carbonyl (C=O) groups excluding carboxylic acids is 2. The molecule has 2 aromatic rings. The number of ketones is 1. The van der Waals surface area contributed by atoms with Crippen LogP contribution in [0.4, 0.5) is 4.39 Å². The molecule has 2 aromatic carbocycles. The summed E-state index contributed by atoms with van der Waals surface area (Å²) in [7, 11) is 0. The lowest BCUT2D eigenvalue weighted by molar-refractivity contribution is -0.128. The monoisotopic (exact) mass is 560 g/mol. The maximum Gasteiger partial charge on any atom is 0.223 e. The number of hydrogen-bond acceptors (Lipinski definition) is 5. The molecule has 218 valence electrons. The van der Waals surface area contributed by atoms with Crippen LogP contribution in [0.25, 0.3) is 5.57 Å². The summed E-state index contributed by atoms with van der Waals surface area (Å²) in [6.45, 7) is 10.6. The summed E-state index contributed by atoms with van der Waals surface area (Å²) in [5.41, 5.74) is 4.72. The molecule has 0 bridgehead atoms. The van der Waals surface area contributed by atoms with Crippen molar-refractivity contribution in [3.8, 4) is 11.5 Å². The van der Waals surface area contributed by atoms with Gasteiger partial charge in [0.05, 0.1) is 18.8 Å². The van der Waals surface area contributed by atoms with Gasteiger partial charge in [0.25, 0.3) is 0 Å². The van der Waals surface area contributed by atoms with Gasteiger partial charge in [-0.1, -0.05) is 36.4 Å². The second-order valence-electron chi connectivity index (χ2n) is 11.6. The van der Waals surface area contributed by atoms with Crippen molar-refractivity contribution < 1.29 is 23.5 Å². The highest BCUT2D eigenvalue weighted by molar-refractivity contribution is 5.94. The molecule has 2 saturated heterocycles. The van der Waals surface area contributed by atoms with E-state index in [-0.39, 0.29) is 17.1 Å². The Morgan fingerprint density at radius 1 is 1.00 bits per heavy atom. The molecule has 0 saturated carbocycles.